The number of hydrogen-bond donors (Lipinski definition) is 2. The number of hydrogen-bond acceptors (Lipinski definition) is 2. The van der Waals surface area contributed by atoms with Crippen LogP contribution in [0.2, 0.25) is 0 Å². The largest absolute Gasteiger partial charge is 0.376 e. The van der Waals surface area contributed by atoms with Gasteiger partial charge in [-0.05, 0) is 30.6 Å². The third-order valence-electron chi connectivity index (χ3n) is 3.18. The topological polar surface area (TPSA) is 41.3 Å². The van der Waals surface area contributed by atoms with Crippen LogP contribution in [0.5, 0.6) is 0 Å². The van der Waals surface area contributed by atoms with Crippen molar-refractivity contribution in [2.45, 2.75) is 25.4 Å². The van der Waals surface area contributed by atoms with Crippen LogP contribution in [0.1, 0.15) is 18.4 Å². The van der Waals surface area contributed by atoms with E-state index in [9.17, 15) is 0 Å². The van der Waals surface area contributed by atoms with Crippen LogP contribution >= 0.6 is 12.2 Å². The number of rotatable bonds is 3. The zero-order valence-corrected chi connectivity index (χ0v) is 10.7. The lowest BCUT2D eigenvalue weighted by Crippen LogP contribution is -2.45. The molecule has 1 fully saturated rings. The van der Waals surface area contributed by atoms with Crippen LogP contribution in [-0.2, 0) is 6.54 Å². The molecule has 4 heteroatoms. The van der Waals surface area contributed by atoms with Crippen molar-refractivity contribution in [3.63, 3.8) is 0 Å². The smallest absolute Gasteiger partial charge is 0.163 e. The SMILES string of the molecule is NC(=S)NC1CCN(Cc2ccccc2)CC1. The van der Waals surface area contributed by atoms with Gasteiger partial charge in [-0.3, -0.25) is 4.90 Å². The number of nitrogens with zero attached hydrogens (tertiary/aromatic N) is 1. The monoisotopic (exact) mass is 249 g/mol. The normalized spacial score (nSPS) is 17.9. The summed E-state index contributed by atoms with van der Waals surface area (Å²) < 4.78 is 0. The van der Waals surface area contributed by atoms with Crippen LogP contribution in [-0.4, -0.2) is 29.1 Å². The van der Waals surface area contributed by atoms with E-state index >= 15 is 0 Å². The number of likely N-dealkylation sites (tertiary alicyclic amines) is 1. The number of nitrogens with one attached hydrogen (secondary N) is 1. The van der Waals surface area contributed by atoms with Crippen molar-refractivity contribution in [3.8, 4) is 0 Å². The maximum absolute atomic E-state index is 5.49. The van der Waals surface area contributed by atoms with Gasteiger partial charge in [0.2, 0.25) is 0 Å². The Morgan fingerprint density at radius 3 is 2.53 bits per heavy atom. The molecule has 0 atom stereocenters. The summed E-state index contributed by atoms with van der Waals surface area (Å²) in [6.07, 6.45) is 2.23. The predicted octanol–water partition coefficient (Wildman–Crippen LogP) is 1.48. The summed E-state index contributed by atoms with van der Waals surface area (Å²) in [5.74, 6) is 0. The zero-order valence-electron chi connectivity index (χ0n) is 9.93. The van der Waals surface area contributed by atoms with Crippen LogP contribution in [0, 0.1) is 0 Å². The summed E-state index contributed by atoms with van der Waals surface area (Å²) in [5.41, 5.74) is 6.87. The van der Waals surface area contributed by atoms with Crippen LogP contribution in [0.3, 0.4) is 0 Å². The fourth-order valence-electron chi connectivity index (χ4n) is 2.28. The summed E-state index contributed by atoms with van der Waals surface area (Å²) in [6, 6.07) is 11.1. The maximum atomic E-state index is 5.49. The Kier molecular flexibility index (Phi) is 4.34. The van der Waals surface area contributed by atoms with Gasteiger partial charge in [-0.15, -0.1) is 0 Å². The fourth-order valence-corrected chi connectivity index (χ4v) is 2.44. The van der Waals surface area contributed by atoms with E-state index in [0.717, 1.165) is 32.5 Å². The van der Waals surface area contributed by atoms with Crippen molar-refractivity contribution in [1.82, 2.24) is 10.2 Å². The first-order chi connectivity index (χ1) is 8.24. The van der Waals surface area contributed by atoms with Crippen molar-refractivity contribution >= 4 is 17.3 Å². The molecule has 0 spiro atoms. The Morgan fingerprint density at radius 1 is 1.29 bits per heavy atom. The first kappa shape index (κ1) is 12.3. The molecule has 92 valence electrons. The highest BCUT2D eigenvalue weighted by atomic mass is 32.1. The van der Waals surface area contributed by atoms with Crippen LogP contribution in [0.15, 0.2) is 30.3 Å². The molecule has 3 nitrogen and oxygen atoms in total. The van der Waals surface area contributed by atoms with Crippen molar-refractivity contribution in [1.29, 1.82) is 0 Å². The third-order valence-corrected chi connectivity index (χ3v) is 3.30. The standard InChI is InChI=1S/C13H19N3S/c14-13(17)15-12-6-8-16(9-7-12)10-11-4-2-1-3-5-11/h1-5,12H,6-10H2,(H3,14,15,17). The predicted molar refractivity (Wildman–Crippen MR) is 74.7 cm³/mol. The molecule has 1 aliphatic rings. The molecule has 0 amide bonds. The highest BCUT2D eigenvalue weighted by molar-refractivity contribution is 7.80. The van der Waals surface area contributed by atoms with Crippen molar-refractivity contribution in [2.24, 2.45) is 5.73 Å². The number of benzene rings is 1. The van der Waals surface area contributed by atoms with Crippen molar-refractivity contribution in [2.75, 3.05) is 13.1 Å². The summed E-state index contributed by atoms with van der Waals surface area (Å²) >= 11 is 4.86. The van der Waals surface area contributed by atoms with E-state index in [1.807, 2.05) is 0 Å². The maximum Gasteiger partial charge on any atom is 0.163 e. The number of piperidine rings is 1. The minimum atomic E-state index is 0.423. The summed E-state index contributed by atoms with van der Waals surface area (Å²) in [7, 11) is 0. The third kappa shape index (κ3) is 3.98. The minimum Gasteiger partial charge on any atom is -0.376 e. The molecule has 1 aromatic carbocycles. The lowest BCUT2D eigenvalue weighted by atomic mass is 10.0. The van der Waals surface area contributed by atoms with Gasteiger partial charge >= 0.3 is 0 Å². The molecule has 1 aliphatic heterocycles. The van der Waals surface area contributed by atoms with E-state index in [4.69, 9.17) is 18.0 Å². The Hall–Kier alpha value is -1.13. The molecule has 17 heavy (non-hydrogen) atoms. The summed E-state index contributed by atoms with van der Waals surface area (Å²) in [4.78, 5) is 2.48. The van der Waals surface area contributed by atoms with E-state index in [0.29, 0.717) is 11.2 Å². The Labute approximate surface area is 108 Å². The summed E-state index contributed by atoms with van der Waals surface area (Å²) in [5, 5.41) is 3.57. The van der Waals surface area contributed by atoms with Gasteiger partial charge in [0.05, 0.1) is 0 Å². The molecule has 0 bridgehead atoms. The fraction of sp³-hybridized carbons (Fsp3) is 0.462. The average molecular weight is 249 g/mol. The van der Waals surface area contributed by atoms with Crippen LogP contribution in [0.4, 0.5) is 0 Å². The molecule has 2 rings (SSSR count). The molecule has 0 radical (unpaired) electrons. The molecule has 1 heterocycles. The molecule has 0 unspecified atom stereocenters. The van der Waals surface area contributed by atoms with Gasteiger partial charge in [-0.2, -0.15) is 0 Å². The van der Waals surface area contributed by atoms with E-state index < -0.39 is 0 Å². The van der Waals surface area contributed by atoms with E-state index in [-0.39, 0.29) is 0 Å². The Morgan fingerprint density at radius 2 is 1.94 bits per heavy atom. The van der Waals surface area contributed by atoms with E-state index in [2.05, 4.69) is 40.5 Å². The van der Waals surface area contributed by atoms with Crippen molar-refractivity contribution < 1.29 is 0 Å². The van der Waals surface area contributed by atoms with Gasteiger partial charge in [-0.1, -0.05) is 30.3 Å². The minimum absolute atomic E-state index is 0.423. The lowest BCUT2D eigenvalue weighted by molar-refractivity contribution is 0.199. The average Bonchev–Trinajstić information content (AvgIpc) is 2.32. The first-order valence-corrected chi connectivity index (χ1v) is 6.47. The molecular weight excluding hydrogens is 230 g/mol. The second-order valence-electron chi connectivity index (χ2n) is 4.54. The number of thiocarbonyl (C=S) groups is 1. The Bertz CT molecular complexity index is 358. The second kappa shape index (κ2) is 5.98. The molecule has 3 N–H and O–H groups in total. The van der Waals surface area contributed by atoms with Gasteiger partial charge in [0.25, 0.3) is 0 Å². The molecule has 1 aromatic rings. The van der Waals surface area contributed by atoms with Crippen LogP contribution in [0.25, 0.3) is 0 Å². The van der Waals surface area contributed by atoms with Gasteiger partial charge < -0.3 is 11.1 Å². The summed E-state index contributed by atoms with van der Waals surface area (Å²) in [6.45, 7) is 3.25. The second-order valence-corrected chi connectivity index (χ2v) is 4.98. The number of nitrogens with two attached hydrogens (primary N) is 1. The van der Waals surface area contributed by atoms with E-state index in [1.165, 1.54) is 5.56 Å². The lowest BCUT2D eigenvalue weighted by Gasteiger charge is -2.32. The van der Waals surface area contributed by atoms with E-state index in [1.54, 1.807) is 0 Å². The van der Waals surface area contributed by atoms with Gasteiger partial charge in [-0.25, -0.2) is 0 Å². The zero-order chi connectivity index (χ0) is 12.1. The molecule has 1 saturated heterocycles. The highest BCUT2D eigenvalue weighted by Crippen LogP contribution is 2.13. The Balaban J connectivity index is 1.78. The van der Waals surface area contributed by atoms with Gasteiger partial charge in [0.1, 0.15) is 0 Å². The highest BCUT2D eigenvalue weighted by Gasteiger charge is 2.18. The first-order valence-electron chi connectivity index (χ1n) is 6.06. The molecule has 0 aromatic heterocycles. The van der Waals surface area contributed by atoms with Crippen LogP contribution < -0.4 is 11.1 Å². The molecule has 0 saturated carbocycles. The van der Waals surface area contributed by atoms with Crippen molar-refractivity contribution in [3.05, 3.63) is 35.9 Å². The van der Waals surface area contributed by atoms with Gasteiger partial charge in [0, 0.05) is 25.7 Å². The molecular formula is C13H19N3S. The van der Waals surface area contributed by atoms with Gasteiger partial charge in [0.15, 0.2) is 5.11 Å². The quantitative estimate of drug-likeness (QED) is 0.796. The molecule has 0 aliphatic carbocycles.